The molecule has 0 fully saturated rings. The van der Waals surface area contributed by atoms with Gasteiger partial charge in [0.25, 0.3) is 0 Å². The molecule has 0 aliphatic heterocycles. The summed E-state index contributed by atoms with van der Waals surface area (Å²) in [6.45, 7) is 0. The van der Waals surface area contributed by atoms with E-state index >= 15 is 0 Å². The van der Waals surface area contributed by atoms with Crippen molar-refractivity contribution in [2.45, 2.75) is 0 Å². The number of hydrogen-bond acceptors (Lipinski definition) is 3. The number of thiophene rings is 1. The fraction of sp³-hybridized carbons (Fsp3) is 0. The van der Waals surface area contributed by atoms with Crippen LogP contribution < -0.4 is 9.80 Å². The van der Waals surface area contributed by atoms with E-state index in [1.54, 1.807) is 0 Å². The molecule has 0 saturated carbocycles. The van der Waals surface area contributed by atoms with Gasteiger partial charge in [0.2, 0.25) is 0 Å². The molecule has 0 atom stereocenters. The molecule has 11 rings (SSSR count). The average molecular weight is 760 g/mol. The maximum absolute atomic E-state index is 2.38. The lowest BCUT2D eigenvalue weighted by atomic mass is 10.0. The van der Waals surface area contributed by atoms with Crippen molar-refractivity contribution >= 4 is 87.4 Å². The summed E-state index contributed by atoms with van der Waals surface area (Å²) in [5, 5.41) is 5.10. The second kappa shape index (κ2) is 14.3. The Hall–Kier alpha value is -7.40. The second-order valence-corrected chi connectivity index (χ2v) is 15.7. The first-order chi connectivity index (χ1) is 28.8. The zero-order chi connectivity index (χ0) is 38.4. The third-order valence-electron chi connectivity index (χ3n) is 11.2. The number of benzene rings is 9. The first-order valence-corrected chi connectivity index (χ1v) is 20.5. The van der Waals surface area contributed by atoms with Crippen molar-refractivity contribution in [2.75, 3.05) is 9.80 Å². The van der Waals surface area contributed by atoms with Gasteiger partial charge in [-0.2, -0.15) is 0 Å². The molecule has 11 aromatic rings. The lowest BCUT2D eigenvalue weighted by Crippen LogP contribution is -2.10. The lowest BCUT2D eigenvalue weighted by molar-refractivity contribution is 1.17. The minimum atomic E-state index is 1.10. The van der Waals surface area contributed by atoms with Crippen molar-refractivity contribution in [3.05, 3.63) is 224 Å². The quantitative estimate of drug-likeness (QED) is 0.153. The number of aromatic nitrogens is 1. The first-order valence-electron chi connectivity index (χ1n) is 19.7. The Bertz CT molecular complexity index is 3110. The van der Waals surface area contributed by atoms with Crippen molar-refractivity contribution < 1.29 is 0 Å². The average Bonchev–Trinajstić information content (AvgIpc) is 3.84. The van der Waals surface area contributed by atoms with Crippen molar-refractivity contribution in [1.82, 2.24) is 4.57 Å². The van der Waals surface area contributed by atoms with Gasteiger partial charge in [-0.1, -0.05) is 115 Å². The van der Waals surface area contributed by atoms with Gasteiger partial charge in [-0.25, -0.2) is 0 Å². The summed E-state index contributed by atoms with van der Waals surface area (Å²) >= 11 is 1.85. The van der Waals surface area contributed by atoms with Crippen LogP contribution in [0.2, 0.25) is 0 Å². The van der Waals surface area contributed by atoms with Crippen molar-refractivity contribution in [3.8, 4) is 16.8 Å². The van der Waals surface area contributed by atoms with Gasteiger partial charge < -0.3 is 14.4 Å². The number of fused-ring (bicyclic) bond motifs is 6. The Balaban J connectivity index is 0.978. The van der Waals surface area contributed by atoms with Crippen LogP contribution in [-0.4, -0.2) is 4.57 Å². The van der Waals surface area contributed by atoms with Gasteiger partial charge in [-0.15, -0.1) is 11.3 Å². The van der Waals surface area contributed by atoms with Gasteiger partial charge in [0.15, 0.2) is 0 Å². The van der Waals surface area contributed by atoms with Crippen LogP contribution in [0, 0.1) is 0 Å². The van der Waals surface area contributed by atoms with Gasteiger partial charge in [0.05, 0.1) is 11.0 Å². The molecule has 0 radical (unpaired) electrons. The summed E-state index contributed by atoms with van der Waals surface area (Å²) in [6, 6.07) is 81.0. The van der Waals surface area contributed by atoms with Gasteiger partial charge >= 0.3 is 0 Å². The van der Waals surface area contributed by atoms with Crippen molar-refractivity contribution in [1.29, 1.82) is 0 Å². The van der Waals surface area contributed by atoms with E-state index in [-0.39, 0.29) is 0 Å². The predicted molar refractivity (Wildman–Crippen MR) is 248 cm³/mol. The number of rotatable bonds is 8. The third-order valence-corrected chi connectivity index (χ3v) is 12.3. The molecule has 274 valence electrons. The second-order valence-electron chi connectivity index (χ2n) is 14.6. The molecule has 0 aliphatic rings. The number of nitrogens with zero attached hydrogens (tertiary/aromatic N) is 3. The molecule has 2 aromatic heterocycles. The molecule has 3 nitrogen and oxygen atoms in total. The largest absolute Gasteiger partial charge is 0.311 e. The fourth-order valence-electron chi connectivity index (χ4n) is 8.46. The van der Waals surface area contributed by atoms with Crippen LogP contribution in [0.5, 0.6) is 0 Å². The minimum Gasteiger partial charge on any atom is -0.311 e. The monoisotopic (exact) mass is 759 g/mol. The van der Waals surface area contributed by atoms with E-state index in [1.807, 2.05) is 11.3 Å². The standard InChI is InChI=1S/C54H37N3S/c1-3-13-40(14-4-1)55(41-15-5-2-6-16-41)42-27-23-38(24-28-42)39-25-29-43(30-26-39)56(46-35-36-54-50(37-46)49-19-9-12-22-53(49)58-54)44-31-33-45(34-32-44)57-51-20-10-7-17-47(51)48-18-8-11-21-52(48)57/h1-37H. The zero-order valence-corrected chi connectivity index (χ0v) is 32.4. The maximum Gasteiger partial charge on any atom is 0.0541 e. The molecule has 0 spiro atoms. The van der Waals surface area contributed by atoms with E-state index in [4.69, 9.17) is 0 Å². The molecule has 58 heavy (non-hydrogen) atoms. The molecule has 0 unspecified atom stereocenters. The zero-order valence-electron chi connectivity index (χ0n) is 31.6. The molecular formula is C54H37N3S. The maximum atomic E-state index is 2.38. The van der Waals surface area contributed by atoms with E-state index in [1.165, 1.54) is 53.1 Å². The highest BCUT2D eigenvalue weighted by atomic mass is 32.1. The van der Waals surface area contributed by atoms with Crippen LogP contribution in [0.15, 0.2) is 224 Å². The molecule has 0 N–H and O–H groups in total. The smallest absolute Gasteiger partial charge is 0.0541 e. The number of para-hydroxylation sites is 4. The fourth-order valence-corrected chi connectivity index (χ4v) is 9.55. The van der Waals surface area contributed by atoms with Crippen molar-refractivity contribution in [3.63, 3.8) is 0 Å². The summed E-state index contributed by atoms with van der Waals surface area (Å²) < 4.78 is 4.98. The Morgan fingerprint density at radius 2 is 0.690 bits per heavy atom. The molecule has 0 amide bonds. The normalized spacial score (nSPS) is 11.4. The topological polar surface area (TPSA) is 11.4 Å². The Kier molecular flexibility index (Phi) is 8.34. The molecule has 2 heterocycles. The molecule has 0 bridgehead atoms. The molecule has 0 aliphatic carbocycles. The van der Waals surface area contributed by atoms with Crippen LogP contribution in [0.25, 0.3) is 58.8 Å². The van der Waals surface area contributed by atoms with E-state index < -0.39 is 0 Å². The van der Waals surface area contributed by atoms with Crippen LogP contribution in [0.3, 0.4) is 0 Å². The Morgan fingerprint density at radius 1 is 0.293 bits per heavy atom. The summed E-state index contributed by atoms with van der Waals surface area (Å²) in [6.07, 6.45) is 0. The van der Waals surface area contributed by atoms with Gasteiger partial charge in [0, 0.05) is 70.8 Å². The summed E-state index contributed by atoms with van der Waals surface area (Å²) in [7, 11) is 0. The Labute approximate surface area is 341 Å². The summed E-state index contributed by atoms with van der Waals surface area (Å²) in [5.41, 5.74) is 12.6. The summed E-state index contributed by atoms with van der Waals surface area (Å²) in [5.74, 6) is 0. The third kappa shape index (κ3) is 5.90. The number of anilines is 6. The SMILES string of the molecule is c1ccc(N(c2ccccc2)c2ccc(-c3ccc(N(c4ccc(-n5c6ccccc6c6ccccc65)cc4)c4ccc5sc6ccccc6c5c4)cc3)cc2)cc1. The van der Waals surface area contributed by atoms with Crippen LogP contribution in [0.1, 0.15) is 0 Å². The van der Waals surface area contributed by atoms with Crippen LogP contribution >= 0.6 is 11.3 Å². The molecule has 9 aromatic carbocycles. The van der Waals surface area contributed by atoms with Gasteiger partial charge in [0.1, 0.15) is 0 Å². The van der Waals surface area contributed by atoms with E-state index in [2.05, 4.69) is 239 Å². The number of hydrogen-bond donors (Lipinski definition) is 0. The Morgan fingerprint density at radius 3 is 1.24 bits per heavy atom. The van der Waals surface area contributed by atoms with Crippen molar-refractivity contribution in [2.24, 2.45) is 0 Å². The lowest BCUT2D eigenvalue weighted by Gasteiger charge is -2.26. The minimum absolute atomic E-state index is 1.10. The molecule has 0 saturated heterocycles. The first kappa shape index (κ1) is 33.9. The van der Waals surface area contributed by atoms with Crippen LogP contribution in [0.4, 0.5) is 34.1 Å². The highest BCUT2D eigenvalue weighted by molar-refractivity contribution is 7.25. The molecular weight excluding hydrogens is 723 g/mol. The highest BCUT2D eigenvalue weighted by Crippen LogP contribution is 2.42. The molecule has 4 heteroatoms. The highest BCUT2D eigenvalue weighted by Gasteiger charge is 2.18. The van der Waals surface area contributed by atoms with E-state index in [9.17, 15) is 0 Å². The van der Waals surface area contributed by atoms with Gasteiger partial charge in [-0.05, 0) is 120 Å². The summed E-state index contributed by atoms with van der Waals surface area (Å²) in [4.78, 5) is 4.68. The predicted octanol–water partition coefficient (Wildman–Crippen LogP) is 15.8. The van der Waals surface area contributed by atoms with Gasteiger partial charge in [-0.3, -0.25) is 0 Å². The van der Waals surface area contributed by atoms with E-state index in [0.717, 1.165) is 39.8 Å². The van der Waals surface area contributed by atoms with Crippen LogP contribution in [-0.2, 0) is 0 Å². The van der Waals surface area contributed by atoms with E-state index in [0.29, 0.717) is 0 Å².